The molecule has 4 aliphatic rings. The number of nitrogens with one attached hydrogen (secondary N) is 8. The molecule has 0 radical (unpaired) electrons. The molecular formula is C54H58FN11O16. The molecule has 2 aromatic heterocycles. The molecule has 1 aliphatic carbocycles. The second-order valence-electron chi connectivity index (χ2n) is 19.4. The molecular weight excluding hydrogens is 1080 g/mol. The lowest BCUT2D eigenvalue weighted by Crippen LogP contribution is -2.52. The van der Waals surface area contributed by atoms with Crippen LogP contribution in [0.3, 0.4) is 0 Å². The number of nitrogens with zero attached hydrogens (tertiary/aromatic N) is 3. The summed E-state index contributed by atoms with van der Waals surface area (Å²) in [6.45, 7) is -0.745. The van der Waals surface area contributed by atoms with Crippen LogP contribution in [0.25, 0.3) is 22.3 Å². The molecule has 0 bridgehead atoms. The molecule has 8 rings (SSSR count). The molecule has 28 heteroatoms. The van der Waals surface area contributed by atoms with Crippen molar-refractivity contribution in [2.75, 3.05) is 59.1 Å². The monoisotopic (exact) mass is 1140 g/mol. The van der Waals surface area contributed by atoms with Crippen molar-refractivity contribution in [1.82, 2.24) is 57.1 Å². The molecule has 2 aromatic carbocycles. The molecule has 0 saturated carbocycles. The predicted octanol–water partition coefficient (Wildman–Crippen LogP) is -2.68. The number of aromatic nitrogens is 2. The lowest BCUT2D eigenvalue weighted by atomic mass is 9.81. The van der Waals surface area contributed by atoms with Gasteiger partial charge in [-0.3, -0.25) is 62.5 Å². The molecule has 10 amide bonds. The normalized spacial score (nSPS) is 16.7. The van der Waals surface area contributed by atoms with E-state index in [9.17, 15) is 62.6 Å². The number of benzene rings is 2. The lowest BCUT2D eigenvalue weighted by molar-refractivity contribution is -0.172. The van der Waals surface area contributed by atoms with Crippen LogP contribution in [0.15, 0.2) is 59.4 Å². The number of esters is 1. The zero-order valence-corrected chi connectivity index (χ0v) is 44.5. The number of carbonyl (C=O) groups excluding carboxylic acids is 11. The van der Waals surface area contributed by atoms with Gasteiger partial charge in [0.2, 0.25) is 41.4 Å². The number of hydrogen-bond donors (Lipinski definition) is 9. The van der Waals surface area contributed by atoms with E-state index >= 15 is 4.39 Å². The number of rotatable bonds is 25. The molecule has 4 aromatic rings. The van der Waals surface area contributed by atoms with Gasteiger partial charge >= 0.3 is 5.97 Å². The van der Waals surface area contributed by atoms with Crippen LogP contribution < -0.4 is 48.3 Å². The van der Waals surface area contributed by atoms with Crippen LogP contribution in [0.4, 0.5) is 4.39 Å². The number of hydroxylamine groups is 1. The van der Waals surface area contributed by atoms with Crippen LogP contribution in [0.1, 0.15) is 71.2 Å². The highest BCUT2D eigenvalue weighted by molar-refractivity contribution is 6.12. The van der Waals surface area contributed by atoms with E-state index in [-0.39, 0.29) is 68.8 Å². The quantitative estimate of drug-likeness (QED) is 0.0124. The summed E-state index contributed by atoms with van der Waals surface area (Å²) in [5.74, 6) is -8.28. The summed E-state index contributed by atoms with van der Waals surface area (Å²) < 4.78 is 27.3. The number of halogens is 1. The topological polar surface area (TPSA) is 370 Å². The minimum Gasteiger partial charge on any atom is -0.458 e. The molecule has 27 nitrogen and oxygen atoms in total. The first kappa shape index (κ1) is 58.9. The van der Waals surface area contributed by atoms with Crippen LogP contribution >= 0.6 is 0 Å². The smallest absolute Gasteiger partial charge is 0.343 e. The fourth-order valence-corrected chi connectivity index (χ4v) is 9.81. The van der Waals surface area contributed by atoms with E-state index in [0.717, 1.165) is 17.1 Å². The van der Waals surface area contributed by atoms with Crippen LogP contribution in [0.2, 0.25) is 0 Å². The second kappa shape index (κ2) is 25.9. The largest absolute Gasteiger partial charge is 0.458 e. The third-order valence-corrected chi connectivity index (χ3v) is 14.1. The maximum Gasteiger partial charge on any atom is 0.343 e. The third-order valence-electron chi connectivity index (χ3n) is 14.1. The maximum atomic E-state index is 15.3. The number of fused-ring (bicyclic) bond motifs is 5. The first-order valence-corrected chi connectivity index (χ1v) is 26.1. The Morgan fingerprint density at radius 2 is 1.45 bits per heavy atom. The van der Waals surface area contributed by atoms with Crippen LogP contribution in [0.5, 0.6) is 0 Å². The van der Waals surface area contributed by atoms with E-state index in [1.165, 1.54) is 16.7 Å². The SMILES string of the molecule is CC[C@@]1(O)C(=O)OCc2c1cc1n(c2=O)Cc2c-1nc1cc(F)c(C)c3c1c2[C@@H](NC(=O)CONC(=O)CNC(=O)CNC(=O)CNC(=O)C(Cc1ccccc1)NC(=O)CNC(=O)CNC(=O)CCOCCN1C(=O)C=CC1=O)CC3. The van der Waals surface area contributed by atoms with Gasteiger partial charge in [0.25, 0.3) is 23.3 Å². The van der Waals surface area contributed by atoms with Gasteiger partial charge < -0.3 is 56.4 Å². The minimum atomic E-state index is -2.07. The molecule has 1 unspecified atom stereocenters. The van der Waals surface area contributed by atoms with E-state index in [1.54, 1.807) is 44.2 Å². The Hall–Kier alpha value is -9.28. The van der Waals surface area contributed by atoms with Gasteiger partial charge in [0.1, 0.15) is 18.5 Å². The van der Waals surface area contributed by atoms with Crippen molar-refractivity contribution in [3.05, 3.63) is 110 Å². The summed E-state index contributed by atoms with van der Waals surface area (Å²) in [5.41, 5.74) is 3.50. The van der Waals surface area contributed by atoms with Crippen molar-refractivity contribution in [1.29, 1.82) is 0 Å². The maximum absolute atomic E-state index is 15.3. The molecule has 0 spiro atoms. The second-order valence-corrected chi connectivity index (χ2v) is 19.4. The highest BCUT2D eigenvalue weighted by Gasteiger charge is 2.46. The summed E-state index contributed by atoms with van der Waals surface area (Å²) >= 11 is 0. The molecule has 82 heavy (non-hydrogen) atoms. The van der Waals surface area contributed by atoms with Gasteiger partial charge in [0, 0.05) is 47.6 Å². The fourth-order valence-electron chi connectivity index (χ4n) is 9.81. The fraction of sp³-hybridized carbons (Fsp3) is 0.389. The van der Waals surface area contributed by atoms with Gasteiger partial charge in [-0.05, 0) is 54.5 Å². The number of amides is 10. The first-order chi connectivity index (χ1) is 39.3. The Morgan fingerprint density at radius 3 is 2.13 bits per heavy atom. The Bertz CT molecular complexity index is 3370. The zero-order valence-electron chi connectivity index (χ0n) is 44.5. The number of ether oxygens (including phenoxy) is 2. The Kier molecular flexibility index (Phi) is 18.6. The van der Waals surface area contributed by atoms with Crippen molar-refractivity contribution >= 4 is 75.9 Å². The lowest BCUT2D eigenvalue weighted by Gasteiger charge is -2.31. The predicted molar refractivity (Wildman–Crippen MR) is 281 cm³/mol. The third kappa shape index (κ3) is 13.5. The molecule has 3 atom stereocenters. The van der Waals surface area contributed by atoms with Crippen molar-refractivity contribution in [3.8, 4) is 11.4 Å². The van der Waals surface area contributed by atoms with Gasteiger partial charge in [-0.2, -0.15) is 0 Å². The van der Waals surface area contributed by atoms with E-state index in [0.29, 0.717) is 57.4 Å². The molecule has 432 valence electrons. The van der Waals surface area contributed by atoms with Gasteiger partial charge in [0.15, 0.2) is 12.2 Å². The van der Waals surface area contributed by atoms with E-state index in [4.69, 9.17) is 19.3 Å². The molecule has 0 saturated heterocycles. The van der Waals surface area contributed by atoms with Crippen LogP contribution in [-0.4, -0.2) is 150 Å². The minimum absolute atomic E-state index is 0.00603. The number of carbonyl (C=O) groups is 11. The Balaban J connectivity index is 0.750. The molecule has 0 fully saturated rings. The number of pyridine rings is 2. The first-order valence-electron chi connectivity index (χ1n) is 26.1. The molecule has 3 aliphatic heterocycles. The van der Waals surface area contributed by atoms with Gasteiger partial charge in [0.05, 0.1) is 87.5 Å². The summed E-state index contributed by atoms with van der Waals surface area (Å²) in [5, 5.41) is 29.0. The van der Waals surface area contributed by atoms with Crippen molar-refractivity contribution < 1.29 is 76.5 Å². The van der Waals surface area contributed by atoms with E-state index in [2.05, 4.69) is 42.7 Å². The van der Waals surface area contributed by atoms with E-state index < -0.39 is 133 Å². The number of imide groups is 1. The average Bonchev–Trinajstić information content (AvgIpc) is 1.72. The van der Waals surface area contributed by atoms with Crippen molar-refractivity contribution in [3.63, 3.8) is 0 Å². The van der Waals surface area contributed by atoms with E-state index in [1.807, 2.05) is 0 Å². The highest BCUT2D eigenvalue weighted by Crippen LogP contribution is 2.46. The summed E-state index contributed by atoms with van der Waals surface area (Å²) in [6, 6.07) is 9.46. The van der Waals surface area contributed by atoms with Crippen LogP contribution in [-0.2, 0) is 98.6 Å². The molecule has 9 N–H and O–H groups in total. The van der Waals surface area contributed by atoms with Gasteiger partial charge in [-0.15, -0.1) is 0 Å². The number of cyclic esters (lactones) is 1. The van der Waals surface area contributed by atoms with Gasteiger partial charge in [-0.1, -0.05) is 37.3 Å². The summed E-state index contributed by atoms with van der Waals surface area (Å²) in [7, 11) is 0. The average molecular weight is 1140 g/mol. The Morgan fingerprint density at radius 1 is 0.805 bits per heavy atom. The number of hydrogen-bond acceptors (Lipinski definition) is 17. The summed E-state index contributed by atoms with van der Waals surface area (Å²) in [4.78, 5) is 162. The molecule has 5 heterocycles. The van der Waals surface area contributed by atoms with Crippen LogP contribution in [0, 0.1) is 12.7 Å². The standard InChI is InChI=1S/C54H58FN11O16/c1-3-54(79)33-18-38-50-31(25-66(38)52(77)32(33)26-81-53(54)78)49-35(10-9-30-28(2)34(55)19-36(63-50)48(30)49)61-45(73)27-82-64-44(72)24-59-41(69)21-57-42(70)22-60-51(76)37(17-29-7-5-4-6-8-29)62-43(71)23-58-40(68)20-56-39(67)13-15-80-16-14-65-46(74)11-12-47(65)75/h4-8,11-12,18-19,35,37,79H,3,9-10,13-17,20-27H2,1-2H3,(H,56,67)(H,57,70)(H,58,68)(H,59,69)(H,60,76)(H,61,73)(H,62,71)(H,64,72)/t35-,37?,54-/m0/s1. The zero-order chi connectivity index (χ0) is 58.8. The van der Waals surface area contributed by atoms with Crippen molar-refractivity contribution in [2.24, 2.45) is 0 Å². The Labute approximate surface area is 465 Å². The number of aryl methyl sites for hydroxylation is 1. The number of aliphatic hydroxyl groups is 1. The van der Waals surface area contributed by atoms with Crippen molar-refractivity contribution in [2.45, 2.75) is 76.8 Å². The summed E-state index contributed by atoms with van der Waals surface area (Å²) in [6.07, 6.45) is 2.74. The highest BCUT2D eigenvalue weighted by atomic mass is 19.1. The van der Waals surface area contributed by atoms with Gasteiger partial charge in [-0.25, -0.2) is 19.6 Å².